The number of rotatable bonds is 6. The van der Waals surface area contributed by atoms with Crippen LogP contribution < -0.4 is 0 Å². The van der Waals surface area contributed by atoms with Gasteiger partial charge in [0.2, 0.25) is 0 Å². The maximum absolute atomic E-state index is 13.5. The second-order valence-electron chi connectivity index (χ2n) is 6.72. The van der Waals surface area contributed by atoms with Crippen molar-refractivity contribution in [3.8, 4) is 0 Å². The van der Waals surface area contributed by atoms with Gasteiger partial charge >= 0.3 is 0 Å². The second-order valence-corrected chi connectivity index (χ2v) is 7.16. The van der Waals surface area contributed by atoms with E-state index < -0.39 is 0 Å². The van der Waals surface area contributed by atoms with E-state index >= 15 is 0 Å². The average molecular weight is 394 g/mol. The standard InChI is InChI=1S/C21H20ClN5O/c1-25-13-16(12-24-25)14-27(9-8-26-7-6-23-15-26)21(28)20-11-18(22)10-17-4-2-3-5-19(17)20/h2-7,10-13,15H,8-9,14H2,1H3. The molecule has 142 valence electrons. The number of hydrogen-bond donors (Lipinski definition) is 0. The van der Waals surface area contributed by atoms with E-state index in [4.69, 9.17) is 11.6 Å². The van der Waals surface area contributed by atoms with Gasteiger partial charge in [0.25, 0.3) is 5.91 Å². The molecule has 28 heavy (non-hydrogen) atoms. The topological polar surface area (TPSA) is 56.0 Å². The zero-order valence-corrected chi connectivity index (χ0v) is 16.3. The molecular formula is C21H20ClN5O. The number of amides is 1. The Balaban J connectivity index is 1.67. The van der Waals surface area contributed by atoms with Gasteiger partial charge in [-0.1, -0.05) is 35.9 Å². The predicted octanol–water partition coefficient (Wildman–Crippen LogP) is 3.77. The molecular weight excluding hydrogens is 374 g/mol. The van der Waals surface area contributed by atoms with Gasteiger partial charge in [0.05, 0.1) is 12.5 Å². The van der Waals surface area contributed by atoms with Gasteiger partial charge < -0.3 is 9.47 Å². The highest BCUT2D eigenvalue weighted by Gasteiger charge is 2.20. The number of carbonyl (C=O) groups is 1. The largest absolute Gasteiger partial charge is 0.336 e. The molecule has 4 aromatic rings. The van der Waals surface area contributed by atoms with E-state index in [1.54, 1.807) is 29.5 Å². The van der Waals surface area contributed by atoms with Crippen molar-refractivity contribution in [2.24, 2.45) is 7.05 Å². The molecule has 7 heteroatoms. The first-order valence-electron chi connectivity index (χ1n) is 9.01. The molecule has 2 heterocycles. The lowest BCUT2D eigenvalue weighted by molar-refractivity contribution is 0.0739. The molecule has 4 rings (SSSR count). The summed E-state index contributed by atoms with van der Waals surface area (Å²) in [7, 11) is 1.87. The average Bonchev–Trinajstić information content (AvgIpc) is 3.35. The van der Waals surface area contributed by atoms with Gasteiger partial charge in [-0.2, -0.15) is 5.10 Å². The third-order valence-corrected chi connectivity index (χ3v) is 4.88. The Morgan fingerprint density at radius 3 is 2.86 bits per heavy atom. The summed E-state index contributed by atoms with van der Waals surface area (Å²) in [6.45, 7) is 1.68. The van der Waals surface area contributed by atoms with Gasteiger partial charge in [-0.3, -0.25) is 9.48 Å². The third-order valence-electron chi connectivity index (χ3n) is 4.66. The van der Waals surface area contributed by atoms with Gasteiger partial charge in [-0.05, 0) is 22.9 Å². The minimum Gasteiger partial charge on any atom is -0.336 e. The zero-order valence-electron chi connectivity index (χ0n) is 15.5. The summed E-state index contributed by atoms with van der Waals surface area (Å²) in [6.07, 6.45) is 9.09. The molecule has 1 amide bonds. The van der Waals surface area contributed by atoms with E-state index in [0.717, 1.165) is 16.3 Å². The monoisotopic (exact) mass is 393 g/mol. The fourth-order valence-electron chi connectivity index (χ4n) is 3.30. The molecule has 0 N–H and O–H groups in total. The van der Waals surface area contributed by atoms with E-state index in [9.17, 15) is 4.79 Å². The van der Waals surface area contributed by atoms with Crippen LogP contribution in [0.1, 0.15) is 15.9 Å². The number of aromatic nitrogens is 4. The fraction of sp³-hybridized carbons (Fsp3) is 0.190. The molecule has 0 bridgehead atoms. The van der Waals surface area contributed by atoms with Gasteiger partial charge in [0.15, 0.2) is 0 Å². The molecule has 2 aromatic heterocycles. The highest BCUT2D eigenvalue weighted by atomic mass is 35.5. The van der Waals surface area contributed by atoms with Crippen LogP contribution in [0.5, 0.6) is 0 Å². The first kappa shape index (κ1) is 18.3. The smallest absolute Gasteiger partial charge is 0.254 e. The molecule has 0 radical (unpaired) electrons. The molecule has 6 nitrogen and oxygen atoms in total. The number of nitrogens with zero attached hydrogens (tertiary/aromatic N) is 5. The van der Waals surface area contributed by atoms with Crippen molar-refractivity contribution >= 4 is 28.3 Å². The second kappa shape index (κ2) is 7.86. The number of benzene rings is 2. The minimum absolute atomic E-state index is 0.0531. The third kappa shape index (κ3) is 3.92. The quantitative estimate of drug-likeness (QED) is 0.501. The summed E-state index contributed by atoms with van der Waals surface area (Å²) in [4.78, 5) is 19.4. The van der Waals surface area contributed by atoms with Crippen LogP contribution in [-0.4, -0.2) is 36.7 Å². The van der Waals surface area contributed by atoms with Crippen LogP contribution in [0.2, 0.25) is 5.02 Å². The normalized spacial score (nSPS) is 11.1. The van der Waals surface area contributed by atoms with Crippen LogP contribution in [0.25, 0.3) is 10.8 Å². The van der Waals surface area contributed by atoms with Crippen molar-refractivity contribution in [1.29, 1.82) is 0 Å². The Morgan fingerprint density at radius 1 is 1.25 bits per heavy atom. The molecule has 2 aromatic carbocycles. The van der Waals surface area contributed by atoms with Crippen LogP contribution in [0.15, 0.2) is 67.5 Å². The summed E-state index contributed by atoms with van der Waals surface area (Å²) in [5.74, 6) is -0.0531. The van der Waals surface area contributed by atoms with Crippen molar-refractivity contribution < 1.29 is 4.79 Å². The number of carbonyl (C=O) groups excluding carboxylic acids is 1. The van der Waals surface area contributed by atoms with Crippen LogP contribution in [0.4, 0.5) is 0 Å². The maximum Gasteiger partial charge on any atom is 0.254 e. The Bertz CT molecular complexity index is 1100. The number of fused-ring (bicyclic) bond motifs is 1. The molecule has 0 saturated heterocycles. The molecule has 0 spiro atoms. The van der Waals surface area contributed by atoms with E-state index in [1.807, 2.05) is 59.2 Å². The minimum atomic E-state index is -0.0531. The summed E-state index contributed by atoms with van der Waals surface area (Å²) < 4.78 is 3.70. The summed E-state index contributed by atoms with van der Waals surface area (Å²) in [6, 6.07) is 11.4. The summed E-state index contributed by atoms with van der Waals surface area (Å²) >= 11 is 6.30. The lowest BCUT2D eigenvalue weighted by atomic mass is 10.0. The van der Waals surface area contributed by atoms with Crippen molar-refractivity contribution in [3.63, 3.8) is 0 Å². The molecule has 0 fully saturated rings. The number of imidazole rings is 1. The van der Waals surface area contributed by atoms with E-state index in [2.05, 4.69) is 10.1 Å². The highest BCUT2D eigenvalue weighted by molar-refractivity contribution is 6.32. The molecule has 0 unspecified atom stereocenters. The molecule has 0 aliphatic heterocycles. The first-order chi connectivity index (χ1) is 13.6. The Hall–Kier alpha value is -3.12. The van der Waals surface area contributed by atoms with E-state index in [0.29, 0.717) is 30.2 Å². The van der Waals surface area contributed by atoms with Crippen LogP contribution in [-0.2, 0) is 20.1 Å². The Labute approximate surface area is 168 Å². The molecule has 0 saturated carbocycles. The molecule has 0 atom stereocenters. The van der Waals surface area contributed by atoms with Crippen molar-refractivity contribution in [2.75, 3.05) is 6.54 Å². The predicted molar refractivity (Wildman–Crippen MR) is 109 cm³/mol. The van der Waals surface area contributed by atoms with E-state index in [1.165, 1.54) is 0 Å². The lowest BCUT2D eigenvalue weighted by Crippen LogP contribution is -2.33. The van der Waals surface area contributed by atoms with Gasteiger partial charge in [-0.15, -0.1) is 0 Å². The van der Waals surface area contributed by atoms with Crippen molar-refractivity contribution in [1.82, 2.24) is 24.2 Å². The maximum atomic E-state index is 13.5. The molecule has 0 aliphatic rings. The number of hydrogen-bond acceptors (Lipinski definition) is 3. The van der Waals surface area contributed by atoms with E-state index in [-0.39, 0.29) is 5.91 Å². The number of halogens is 1. The highest BCUT2D eigenvalue weighted by Crippen LogP contribution is 2.25. The summed E-state index contributed by atoms with van der Waals surface area (Å²) in [5.41, 5.74) is 1.59. The first-order valence-corrected chi connectivity index (χ1v) is 9.39. The summed E-state index contributed by atoms with van der Waals surface area (Å²) in [5, 5.41) is 6.62. The Morgan fingerprint density at radius 2 is 2.11 bits per heavy atom. The SMILES string of the molecule is Cn1cc(CN(CCn2ccnc2)C(=O)c2cc(Cl)cc3ccccc23)cn1. The number of aryl methyl sites for hydroxylation is 1. The van der Waals surface area contributed by atoms with Crippen LogP contribution >= 0.6 is 11.6 Å². The van der Waals surface area contributed by atoms with Gasteiger partial charge in [0, 0.05) is 61.4 Å². The van der Waals surface area contributed by atoms with Crippen LogP contribution in [0, 0.1) is 0 Å². The van der Waals surface area contributed by atoms with Crippen molar-refractivity contribution in [3.05, 3.63) is 83.7 Å². The lowest BCUT2D eigenvalue weighted by Gasteiger charge is -2.23. The van der Waals surface area contributed by atoms with Gasteiger partial charge in [-0.25, -0.2) is 4.98 Å². The zero-order chi connectivity index (χ0) is 19.5. The van der Waals surface area contributed by atoms with Gasteiger partial charge in [0.1, 0.15) is 0 Å². The Kier molecular flexibility index (Phi) is 5.12. The van der Waals surface area contributed by atoms with Crippen LogP contribution in [0.3, 0.4) is 0 Å². The fourth-order valence-corrected chi connectivity index (χ4v) is 3.53. The molecule has 0 aliphatic carbocycles. The van der Waals surface area contributed by atoms with Crippen molar-refractivity contribution in [2.45, 2.75) is 13.1 Å².